The first-order chi connectivity index (χ1) is 12.1. The summed E-state index contributed by atoms with van der Waals surface area (Å²) >= 11 is 6.13. The largest absolute Gasteiger partial charge is 0.392 e. The molecule has 0 fully saturated rings. The van der Waals surface area contributed by atoms with Crippen molar-refractivity contribution < 1.29 is 9.90 Å². The van der Waals surface area contributed by atoms with Gasteiger partial charge in [-0.15, -0.1) is 0 Å². The lowest BCUT2D eigenvalue weighted by Crippen LogP contribution is -2.25. The number of fused-ring (bicyclic) bond motifs is 1. The molecule has 0 atom stereocenters. The summed E-state index contributed by atoms with van der Waals surface area (Å²) in [5.74, 6) is 0.0281. The first-order valence-corrected chi connectivity index (χ1v) is 8.98. The molecular formula is C21H22ClNO2. The average molecular weight is 356 g/mol. The normalized spacial score (nSPS) is 13.6. The van der Waals surface area contributed by atoms with Gasteiger partial charge in [-0.1, -0.05) is 42.8 Å². The fourth-order valence-electron chi connectivity index (χ4n) is 3.24. The van der Waals surface area contributed by atoms with E-state index >= 15 is 0 Å². The number of aliphatic hydroxyl groups excluding tert-OH is 1. The van der Waals surface area contributed by atoms with Crippen molar-refractivity contribution in [3.63, 3.8) is 0 Å². The van der Waals surface area contributed by atoms with Gasteiger partial charge in [0.05, 0.1) is 6.61 Å². The van der Waals surface area contributed by atoms with Gasteiger partial charge in [-0.2, -0.15) is 0 Å². The highest BCUT2D eigenvalue weighted by molar-refractivity contribution is 6.30. The molecule has 0 saturated carbocycles. The van der Waals surface area contributed by atoms with E-state index in [1.807, 2.05) is 43.3 Å². The second-order valence-corrected chi connectivity index (χ2v) is 6.75. The molecule has 25 heavy (non-hydrogen) atoms. The van der Waals surface area contributed by atoms with E-state index in [-0.39, 0.29) is 12.5 Å². The number of rotatable bonds is 5. The van der Waals surface area contributed by atoms with E-state index in [0.29, 0.717) is 17.9 Å². The zero-order valence-corrected chi connectivity index (χ0v) is 15.1. The number of aryl methyl sites for hydroxylation is 1. The summed E-state index contributed by atoms with van der Waals surface area (Å²) in [5, 5.41) is 13.3. The van der Waals surface area contributed by atoms with Crippen molar-refractivity contribution in [2.75, 3.05) is 0 Å². The first kappa shape index (κ1) is 17.7. The van der Waals surface area contributed by atoms with Gasteiger partial charge in [0, 0.05) is 17.1 Å². The SMILES string of the molecule is CCC(=O)NC1=C(Cc2cccc(Cl)c2)c2cc(CO)ccc2CC1. The molecule has 0 bridgehead atoms. The van der Waals surface area contributed by atoms with Crippen LogP contribution in [0.25, 0.3) is 5.57 Å². The number of aliphatic hydroxyl groups is 1. The Balaban J connectivity index is 2.06. The van der Waals surface area contributed by atoms with E-state index in [0.717, 1.165) is 40.8 Å². The molecular weight excluding hydrogens is 334 g/mol. The Hall–Kier alpha value is -2.10. The van der Waals surface area contributed by atoms with Gasteiger partial charge in [0.15, 0.2) is 0 Å². The van der Waals surface area contributed by atoms with E-state index in [1.54, 1.807) is 0 Å². The van der Waals surface area contributed by atoms with Crippen molar-refractivity contribution in [3.05, 3.63) is 75.4 Å². The molecule has 0 aromatic heterocycles. The summed E-state index contributed by atoms with van der Waals surface area (Å²) in [6.45, 7) is 1.86. The molecule has 3 nitrogen and oxygen atoms in total. The lowest BCUT2D eigenvalue weighted by atomic mass is 9.84. The third-order valence-corrected chi connectivity index (χ3v) is 4.81. The third kappa shape index (κ3) is 4.12. The molecule has 0 unspecified atom stereocenters. The van der Waals surface area contributed by atoms with Crippen LogP contribution < -0.4 is 5.32 Å². The second kappa shape index (κ2) is 7.85. The van der Waals surface area contributed by atoms with E-state index in [9.17, 15) is 9.90 Å². The molecule has 2 N–H and O–H groups in total. The van der Waals surface area contributed by atoms with Gasteiger partial charge in [-0.05, 0) is 65.3 Å². The van der Waals surface area contributed by atoms with Crippen LogP contribution in [0.15, 0.2) is 48.2 Å². The average Bonchev–Trinajstić information content (AvgIpc) is 2.63. The molecule has 0 heterocycles. The molecule has 1 amide bonds. The molecule has 1 aliphatic rings. The fourth-order valence-corrected chi connectivity index (χ4v) is 3.45. The number of nitrogens with one attached hydrogen (secondary N) is 1. The molecule has 3 rings (SSSR count). The molecule has 1 aliphatic carbocycles. The summed E-state index contributed by atoms with van der Waals surface area (Å²) in [6, 6.07) is 13.9. The predicted molar refractivity (Wildman–Crippen MR) is 101 cm³/mol. The van der Waals surface area contributed by atoms with Crippen LogP contribution in [0, 0.1) is 0 Å². The number of halogens is 1. The first-order valence-electron chi connectivity index (χ1n) is 8.60. The van der Waals surface area contributed by atoms with Crippen LogP contribution in [-0.2, 0) is 24.2 Å². The molecule has 0 saturated heterocycles. The van der Waals surface area contributed by atoms with Crippen LogP contribution in [0.1, 0.15) is 42.0 Å². The molecule has 0 radical (unpaired) electrons. The molecule has 0 spiro atoms. The molecule has 4 heteroatoms. The van der Waals surface area contributed by atoms with Crippen LogP contribution in [-0.4, -0.2) is 11.0 Å². The zero-order chi connectivity index (χ0) is 17.8. The van der Waals surface area contributed by atoms with Gasteiger partial charge in [0.2, 0.25) is 5.91 Å². The smallest absolute Gasteiger partial charge is 0.223 e. The van der Waals surface area contributed by atoms with Crippen molar-refractivity contribution in [2.45, 2.75) is 39.2 Å². The molecule has 2 aromatic rings. The quantitative estimate of drug-likeness (QED) is 0.842. The summed E-state index contributed by atoms with van der Waals surface area (Å²) < 4.78 is 0. The maximum absolute atomic E-state index is 12.0. The Bertz CT molecular complexity index is 826. The highest BCUT2D eigenvalue weighted by Crippen LogP contribution is 2.34. The van der Waals surface area contributed by atoms with E-state index in [1.165, 1.54) is 5.56 Å². The summed E-state index contributed by atoms with van der Waals surface area (Å²) in [7, 11) is 0. The summed E-state index contributed by atoms with van der Waals surface area (Å²) in [4.78, 5) is 12.0. The summed E-state index contributed by atoms with van der Waals surface area (Å²) in [6.07, 6.45) is 2.85. The number of allylic oxidation sites excluding steroid dienone is 2. The number of amides is 1. The predicted octanol–water partition coefficient (Wildman–Crippen LogP) is 4.26. The van der Waals surface area contributed by atoms with E-state index in [4.69, 9.17) is 11.6 Å². The topological polar surface area (TPSA) is 49.3 Å². The molecule has 0 aliphatic heterocycles. The standard InChI is InChI=1S/C21H22ClNO2/c1-2-21(25)23-20-9-8-16-7-6-15(13-24)12-18(16)19(20)11-14-4-3-5-17(22)10-14/h3-7,10,12,24H,2,8-9,11,13H2,1H3,(H,23,25). The zero-order valence-electron chi connectivity index (χ0n) is 14.3. The number of benzene rings is 2. The van der Waals surface area contributed by atoms with Crippen LogP contribution in [0.2, 0.25) is 5.02 Å². The number of carbonyl (C=O) groups is 1. The minimum atomic E-state index is 0.00831. The van der Waals surface area contributed by atoms with Gasteiger partial charge in [0.25, 0.3) is 0 Å². The third-order valence-electron chi connectivity index (χ3n) is 4.57. The molecule has 2 aromatic carbocycles. The van der Waals surface area contributed by atoms with Gasteiger partial charge in [-0.3, -0.25) is 4.79 Å². The lowest BCUT2D eigenvalue weighted by Gasteiger charge is -2.25. The fraction of sp³-hybridized carbons (Fsp3) is 0.286. The number of hydrogen-bond donors (Lipinski definition) is 2. The maximum Gasteiger partial charge on any atom is 0.223 e. The minimum absolute atomic E-state index is 0.00831. The highest BCUT2D eigenvalue weighted by Gasteiger charge is 2.21. The van der Waals surface area contributed by atoms with E-state index < -0.39 is 0 Å². The van der Waals surface area contributed by atoms with Crippen molar-refractivity contribution >= 4 is 23.1 Å². The Labute approximate surface area is 153 Å². The van der Waals surface area contributed by atoms with Gasteiger partial charge < -0.3 is 10.4 Å². The van der Waals surface area contributed by atoms with Crippen molar-refractivity contribution in [2.24, 2.45) is 0 Å². The van der Waals surface area contributed by atoms with Crippen LogP contribution in [0.4, 0.5) is 0 Å². The monoisotopic (exact) mass is 355 g/mol. The molecule has 130 valence electrons. The number of hydrogen-bond acceptors (Lipinski definition) is 2. The van der Waals surface area contributed by atoms with Gasteiger partial charge >= 0.3 is 0 Å². The number of carbonyl (C=O) groups excluding carboxylic acids is 1. The van der Waals surface area contributed by atoms with Gasteiger partial charge in [0.1, 0.15) is 0 Å². The van der Waals surface area contributed by atoms with Crippen LogP contribution in [0.3, 0.4) is 0 Å². The Morgan fingerprint density at radius 2 is 2.00 bits per heavy atom. The highest BCUT2D eigenvalue weighted by atomic mass is 35.5. The minimum Gasteiger partial charge on any atom is -0.392 e. The van der Waals surface area contributed by atoms with Crippen molar-refractivity contribution in [1.29, 1.82) is 0 Å². The van der Waals surface area contributed by atoms with Crippen LogP contribution in [0.5, 0.6) is 0 Å². The Morgan fingerprint density at radius 1 is 1.16 bits per heavy atom. The van der Waals surface area contributed by atoms with Crippen molar-refractivity contribution in [1.82, 2.24) is 5.32 Å². The maximum atomic E-state index is 12.0. The second-order valence-electron chi connectivity index (χ2n) is 6.32. The van der Waals surface area contributed by atoms with Gasteiger partial charge in [-0.25, -0.2) is 0 Å². The summed E-state index contributed by atoms with van der Waals surface area (Å²) in [5.41, 5.74) is 6.45. The van der Waals surface area contributed by atoms with Crippen LogP contribution >= 0.6 is 11.6 Å². The van der Waals surface area contributed by atoms with E-state index in [2.05, 4.69) is 11.4 Å². The lowest BCUT2D eigenvalue weighted by molar-refractivity contribution is -0.120. The Morgan fingerprint density at radius 3 is 2.72 bits per heavy atom. The van der Waals surface area contributed by atoms with Crippen molar-refractivity contribution in [3.8, 4) is 0 Å². The Kier molecular flexibility index (Phi) is 5.57.